The van der Waals surface area contributed by atoms with E-state index in [-0.39, 0.29) is 12.4 Å². The number of Topliss-reactive ketones (excluding diaryl/α,β-unsaturated/α-hetero) is 1. The molecule has 0 saturated heterocycles. The molecule has 0 aromatic heterocycles. The fourth-order valence-corrected chi connectivity index (χ4v) is 5.34. The molecule has 0 N–H and O–H groups in total. The quantitative estimate of drug-likeness (QED) is 0.235. The van der Waals surface area contributed by atoms with Gasteiger partial charge in [0.25, 0.3) is 0 Å². The zero-order valence-electron chi connectivity index (χ0n) is 15.7. The van der Waals surface area contributed by atoms with Crippen molar-refractivity contribution in [2.45, 2.75) is 11.5 Å². The van der Waals surface area contributed by atoms with Gasteiger partial charge in [-0.05, 0) is 70.6 Å². The lowest BCUT2D eigenvalue weighted by atomic mass is 10.1. The molecule has 0 aliphatic carbocycles. The van der Waals surface area contributed by atoms with E-state index in [2.05, 4.69) is 22.6 Å². The molecule has 0 bridgehead atoms. The topological polar surface area (TPSA) is 35.5 Å². The molecule has 0 fully saturated rings. The van der Waals surface area contributed by atoms with E-state index in [1.54, 1.807) is 19.2 Å². The summed E-state index contributed by atoms with van der Waals surface area (Å²) in [6.07, 6.45) is 1.89. The normalized spacial score (nSPS) is 14.1. The van der Waals surface area contributed by atoms with Crippen molar-refractivity contribution in [3.63, 3.8) is 0 Å². The Kier molecular flexibility index (Phi) is 6.63. The molecule has 30 heavy (non-hydrogen) atoms. The van der Waals surface area contributed by atoms with Gasteiger partial charge in [-0.3, -0.25) is 4.79 Å². The van der Waals surface area contributed by atoms with Crippen LogP contribution in [0.3, 0.4) is 0 Å². The van der Waals surface area contributed by atoms with Crippen LogP contribution in [0.2, 0.25) is 10.0 Å². The number of fused-ring (bicyclic) bond motifs is 1. The summed E-state index contributed by atoms with van der Waals surface area (Å²) in [4.78, 5) is 14.3. The molecule has 3 aromatic carbocycles. The van der Waals surface area contributed by atoms with Gasteiger partial charge in [0, 0.05) is 26.1 Å². The molecule has 0 spiro atoms. The third-order valence-electron chi connectivity index (χ3n) is 4.51. The summed E-state index contributed by atoms with van der Waals surface area (Å²) in [7, 11) is 1.59. The average molecular weight is 569 g/mol. The minimum atomic E-state index is 0.0438. The summed E-state index contributed by atoms with van der Waals surface area (Å²) >= 11 is 15.9. The van der Waals surface area contributed by atoms with Gasteiger partial charge in [0.15, 0.2) is 11.5 Å². The number of allylic oxidation sites excluding steroid dienone is 1. The Morgan fingerprint density at radius 3 is 2.63 bits per heavy atom. The summed E-state index contributed by atoms with van der Waals surface area (Å²) in [5.74, 6) is 1.26. The van der Waals surface area contributed by atoms with Crippen LogP contribution in [0.4, 0.5) is 0 Å². The van der Waals surface area contributed by atoms with Crippen LogP contribution >= 0.6 is 57.6 Å². The van der Waals surface area contributed by atoms with Crippen LogP contribution in [0.25, 0.3) is 6.08 Å². The van der Waals surface area contributed by atoms with Crippen molar-refractivity contribution in [2.24, 2.45) is 0 Å². The first-order valence-electron chi connectivity index (χ1n) is 8.94. The fourth-order valence-electron chi connectivity index (χ4n) is 3.04. The number of carbonyl (C=O) groups is 1. The number of ketones is 1. The number of thioether (sulfide) groups is 1. The van der Waals surface area contributed by atoms with E-state index in [9.17, 15) is 4.79 Å². The summed E-state index contributed by atoms with van der Waals surface area (Å²) in [5.41, 5.74) is 2.45. The molecule has 0 radical (unpaired) electrons. The van der Waals surface area contributed by atoms with Crippen molar-refractivity contribution >= 4 is 69.4 Å². The zero-order chi connectivity index (χ0) is 21.3. The minimum Gasteiger partial charge on any atom is -0.493 e. The van der Waals surface area contributed by atoms with Crippen LogP contribution in [-0.2, 0) is 6.61 Å². The molecule has 1 aliphatic heterocycles. The first-order chi connectivity index (χ1) is 14.5. The van der Waals surface area contributed by atoms with Crippen molar-refractivity contribution in [1.82, 2.24) is 0 Å². The predicted molar refractivity (Wildman–Crippen MR) is 131 cm³/mol. The standard InChI is InChI=1S/C23H15Cl2IO3S/c1-28-19-9-13(10-21-22(27)16-4-2-3-5-20(16)30-21)8-18(26)23(19)29-12-14-6-7-15(24)11-17(14)25/h2-11H,12H2,1H3/b21-10-. The Morgan fingerprint density at radius 2 is 1.90 bits per heavy atom. The second-order valence-electron chi connectivity index (χ2n) is 6.49. The number of benzene rings is 3. The van der Waals surface area contributed by atoms with Gasteiger partial charge in [0.1, 0.15) is 6.61 Å². The highest BCUT2D eigenvalue weighted by atomic mass is 127. The first kappa shape index (κ1) is 21.6. The van der Waals surface area contributed by atoms with Crippen LogP contribution in [0.15, 0.2) is 64.4 Å². The van der Waals surface area contributed by atoms with Crippen molar-refractivity contribution in [1.29, 1.82) is 0 Å². The van der Waals surface area contributed by atoms with Crippen molar-refractivity contribution < 1.29 is 14.3 Å². The number of rotatable bonds is 5. The lowest BCUT2D eigenvalue weighted by molar-refractivity contribution is 0.104. The summed E-state index contributed by atoms with van der Waals surface area (Å²) in [5, 5.41) is 1.13. The Morgan fingerprint density at radius 1 is 1.10 bits per heavy atom. The number of halogens is 3. The lowest BCUT2D eigenvalue weighted by Gasteiger charge is -2.14. The van der Waals surface area contributed by atoms with Crippen molar-refractivity contribution in [3.8, 4) is 11.5 Å². The third-order valence-corrected chi connectivity index (χ3v) is 7.00. The monoisotopic (exact) mass is 568 g/mol. The largest absolute Gasteiger partial charge is 0.493 e. The van der Waals surface area contributed by atoms with E-state index in [1.807, 2.05) is 48.5 Å². The molecule has 3 aromatic rings. The molecular weight excluding hydrogens is 554 g/mol. The number of hydrogen-bond acceptors (Lipinski definition) is 4. The molecular formula is C23H15Cl2IO3S. The van der Waals surface area contributed by atoms with E-state index >= 15 is 0 Å². The molecule has 1 aliphatic rings. The molecule has 7 heteroatoms. The van der Waals surface area contributed by atoms with E-state index < -0.39 is 0 Å². The molecule has 0 saturated carbocycles. The summed E-state index contributed by atoms with van der Waals surface area (Å²) < 4.78 is 12.4. The van der Waals surface area contributed by atoms with Gasteiger partial charge in [-0.25, -0.2) is 0 Å². The van der Waals surface area contributed by atoms with E-state index in [0.717, 1.165) is 25.2 Å². The fraction of sp³-hybridized carbons (Fsp3) is 0.0870. The van der Waals surface area contributed by atoms with Crippen LogP contribution in [0, 0.1) is 3.57 Å². The Balaban J connectivity index is 1.59. The highest BCUT2D eigenvalue weighted by molar-refractivity contribution is 14.1. The molecule has 0 unspecified atom stereocenters. The average Bonchev–Trinajstić information content (AvgIpc) is 3.03. The van der Waals surface area contributed by atoms with Crippen LogP contribution < -0.4 is 9.47 Å². The maximum Gasteiger partial charge on any atom is 0.200 e. The number of hydrogen-bond donors (Lipinski definition) is 0. The van der Waals surface area contributed by atoms with Gasteiger partial charge in [-0.1, -0.05) is 53.2 Å². The summed E-state index contributed by atoms with van der Waals surface area (Å²) in [6, 6.07) is 16.8. The van der Waals surface area contributed by atoms with Crippen molar-refractivity contribution in [2.75, 3.05) is 7.11 Å². The molecule has 3 nitrogen and oxygen atoms in total. The van der Waals surface area contributed by atoms with Crippen LogP contribution in [-0.4, -0.2) is 12.9 Å². The smallest absolute Gasteiger partial charge is 0.200 e. The summed E-state index contributed by atoms with van der Waals surface area (Å²) in [6.45, 7) is 0.284. The third kappa shape index (κ3) is 4.49. The Hall–Kier alpha value is -1.67. The Bertz CT molecular complexity index is 1180. The SMILES string of the molecule is COc1cc(/C=C2\Sc3ccccc3C2=O)cc(I)c1OCc1ccc(Cl)cc1Cl. The van der Waals surface area contributed by atoms with Gasteiger partial charge in [-0.15, -0.1) is 0 Å². The second kappa shape index (κ2) is 9.22. The molecule has 4 rings (SSSR count). The van der Waals surface area contributed by atoms with E-state index in [1.165, 1.54) is 11.8 Å². The molecule has 0 atom stereocenters. The second-order valence-corrected chi connectivity index (χ2v) is 9.58. The van der Waals surface area contributed by atoms with Gasteiger partial charge in [0.05, 0.1) is 15.6 Å². The predicted octanol–water partition coefficient (Wildman–Crippen LogP) is 7.52. The van der Waals surface area contributed by atoms with Crippen molar-refractivity contribution in [3.05, 3.63) is 89.8 Å². The van der Waals surface area contributed by atoms with Gasteiger partial charge in [0.2, 0.25) is 5.78 Å². The lowest BCUT2D eigenvalue weighted by Crippen LogP contribution is -2.01. The first-order valence-corrected chi connectivity index (χ1v) is 11.6. The number of methoxy groups -OCH3 is 1. The van der Waals surface area contributed by atoms with E-state index in [4.69, 9.17) is 32.7 Å². The van der Waals surface area contributed by atoms with Crippen LogP contribution in [0.1, 0.15) is 21.5 Å². The maximum absolute atomic E-state index is 12.7. The van der Waals surface area contributed by atoms with E-state index in [0.29, 0.717) is 26.4 Å². The molecule has 1 heterocycles. The van der Waals surface area contributed by atoms with Gasteiger partial charge in [-0.2, -0.15) is 0 Å². The number of carbonyl (C=O) groups excluding carboxylic acids is 1. The molecule has 152 valence electrons. The number of ether oxygens (including phenoxy) is 2. The minimum absolute atomic E-state index is 0.0438. The highest BCUT2D eigenvalue weighted by Gasteiger charge is 2.25. The highest BCUT2D eigenvalue weighted by Crippen LogP contribution is 2.42. The Labute approximate surface area is 202 Å². The maximum atomic E-state index is 12.7. The van der Waals surface area contributed by atoms with Gasteiger partial charge < -0.3 is 9.47 Å². The van der Waals surface area contributed by atoms with Crippen LogP contribution in [0.5, 0.6) is 11.5 Å². The van der Waals surface area contributed by atoms with Gasteiger partial charge >= 0.3 is 0 Å². The zero-order valence-corrected chi connectivity index (χ0v) is 20.2. The molecule has 0 amide bonds.